The number of carbonyl (C=O) groups excluding carboxylic acids is 2. The number of imidazole rings is 1. The summed E-state index contributed by atoms with van der Waals surface area (Å²) in [5, 5.41) is 5.42. The molecule has 3 rings (SSSR count). The van der Waals surface area contributed by atoms with Gasteiger partial charge in [0.25, 0.3) is 5.91 Å². The fourth-order valence-electron chi connectivity index (χ4n) is 2.72. The highest BCUT2D eigenvalue weighted by Crippen LogP contribution is 2.22. The van der Waals surface area contributed by atoms with Crippen molar-refractivity contribution < 1.29 is 9.59 Å². The molecule has 0 saturated heterocycles. The molecule has 2 amide bonds. The maximum absolute atomic E-state index is 12.2. The Morgan fingerprint density at radius 2 is 1.68 bits per heavy atom. The number of nitrogens with zero attached hydrogens (tertiary/aromatic N) is 2. The fraction of sp³-hybridized carbons (Fsp3) is 0.227. The van der Waals surface area contributed by atoms with Gasteiger partial charge in [0.1, 0.15) is 0 Å². The quantitative estimate of drug-likeness (QED) is 0.715. The van der Waals surface area contributed by atoms with Gasteiger partial charge in [-0.15, -0.1) is 0 Å². The van der Waals surface area contributed by atoms with Crippen LogP contribution in [-0.2, 0) is 10.2 Å². The Bertz CT molecular complexity index is 938. The Morgan fingerprint density at radius 1 is 1.00 bits per heavy atom. The molecule has 0 aliphatic rings. The summed E-state index contributed by atoms with van der Waals surface area (Å²) in [7, 11) is 0. The second-order valence-corrected chi connectivity index (χ2v) is 7.58. The Kier molecular flexibility index (Phi) is 5.59. The lowest BCUT2D eigenvalue weighted by molar-refractivity contribution is -0.115. The van der Waals surface area contributed by atoms with Gasteiger partial charge in [-0.2, -0.15) is 0 Å². The first-order valence-corrected chi connectivity index (χ1v) is 9.10. The summed E-state index contributed by atoms with van der Waals surface area (Å²) in [6, 6.07) is 14.8. The van der Waals surface area contributed by atoms with E-state index in [1.54, 1.807) is 36.8 Å². The Balaban J connectivity index is 1.52. The Hall–Kier alpha value is -3.41. The van der Waals surface area contributed by atoms with Crippen LogP contribution in [0.5, 0.6) is 0 Å². The average Bonchev–Trinajstić information content (AvgIpc) is 3.21. The normalized spacial score (nSPS) is 11.1. The number of hydrogen-bond acceptors (Lipinski definition) is 3. The molecule has 0 fully saturated rings. The predicted molar refractivity (Wildman–Crippen MR) is 110 cm³/mol. The minimum absolute atomic E-state index is 0.0301. The van der Waals surface area contributed by atoms with Crippen LogP contribution < -0.4 is 10.6 Å². The molecular weight excluding hydrogens is 352 g/mol. The van der Waals surface area contributed by atoms with Crippen molar-refractivity contribution in [3.05, 3.63) is 78.4 Å². The Labute approximate surface area is 164 Å². The van der Waals surface area contributed by atoms with E-state index in [0.29, 0.717) is 11.3 Å². The van der Waals surface area contributed by atoms with Crippen molar-refractivity contribution in [3.63, 3.8) is 0 Å². The maximum Gasteiger partial charge on any atom is 0.251 e. The van der Waals surface area contributed by atoms with Crippen molar-refractivity contribution in [1.82, 2.24) is 14.9 Å². The van der Waals surface area contributed by atoms with Crippen LogP contribution in [0.25, 0.3) is 5.69 Å². The molecule has 6 nitrogen and oxygen atoms in total. The van der Waals surface area contributed by atoms with Crippen molar-refractivity contribution in [2.75, 3.05) is 11.9 Å². The van der Waals surface area contributed by atoms with E-state index in [1.807, 2.05) is 35.0 Å². The molecule has 144 valence electrons. The highest BCUT2D eigenvalue weighted by molar-refractivity contribution is 5.99. The van der Waals surface area contributed by atoms with Gasteiger partial charge in [0.2, 0.25) is 5.91 Å². The van der Waals surface area contributed by atoms with Crippen LogP contribution in [0.1, 0.15) is 36.7 Å². The number of hydrogen-bond donors (Lipinski definition) is 2. The van der Waals surface area contributed by atoms with Crippen molar-refractivity contribution in [3.8, 4) is 5.69 Å². The van der Waals surface area contributed by atoms with Crippen molar-refractivity contribution in [1.29, 1.82) is 0 Å². The van der Waals surface area contributed by atoms with Crippen LogP contribution in [0.15, 0.2) is 67.3 Å². The molecule has 2 N–H and O–H groups in total. The molecule has 6 heteroatoms. The summed E-state index contributed by atoms with van der Waals surface area (Å²) in [6.07, 6.45) is 5.25. The lowest BCUT2D eigenvalue weighted by Crippen LogP contribution is -2.32. The summed E-state index contributed by atoms with van der Waals surface area (Å²) in [5.74, 6) is -0.555. The number of carbonyl (C=O) groups is 2. The topological polar surface area (TPSA) is 76.0 Å². The zero-order chi connectivity index (χ0) is 20.1. The van der Waals surface area contributed by atoms with E-state index in [1.165, 1.54) is 0 Å². The molecule has 0 aliphatic carbocycles. The van der Waals surface area contributed by atoms with Crippen molar-refractivity contribution in [2.24, 2.45) is 0 Å². The van der Waals surface area contributed by atoms with Crippen molar-refractivity contribution in [2.45, 2.75) is 26.2 Å². The summed E-state index contributed by atoms with van der Waals surface area (Å²) in [5.41, 5.74) is 3.33. The Morgan fingerprint density at radius 3 is 2.25 bits per heavy atom. The van der Waals surface area contributed by atoms with Gasteiger partial charge in [-0.1, -0.05) is 32.9 Å². The summed E-state index contributed by atoms with van der Waals surface area (Å²) < 4.78 is 1.87. The average molecular weight is 376 g/mol. The van der Waals surface area contributed by atoms with E-state index < -0.39 is 0 Å². The number of amides is 2. The molecule has 28 heavy (non-hydrogen) atoms. The molecule has 0 radical (unpaired) electrons. The third kappa shape index (κ3) is 4.85. The van der Waals surface area contributed by atoms with Crippen LogP contribution in [0.4, 0.5) is 5.69 Å². The van der Waals surface area contributed by atoms with E-state index in [4.69, 9.17) is 0 Å². The first-order valence-electron chi connectivity index (χ1n) is 9.10. The van der Waals surface area contributed by atoms with Gasteiger partial charge in [-0.3, -0.25) is 9.59 Å². The van der Waals surface area contributed by atoms with E-state index in [-0.39, 0.29) is 23.8 Å². The zero-order valence-electron chi connectivity index (χ0n) is 16.3. The predicted octanol–water partition coefficient (Wildman–Crippen LogP) is 3.54. The van der Waals surface area contributed by atoms with E-state index in [9.17, 15) is 9.59 Å². The summed E-state index contributed by atoms with van der Waals surface area (Å²) in [4.78, 5) is 28.3. The van der Waals surface area contributed by atoms with Gasteiger partial charge in [0.05, 0.1) is 12.9 Å². The second kappa shape index (κ2) is 8.08. The number of nitrogens with one attached hydrogen (secondary N) is 2. The highest BCUT2D eigenvalue weighted by atomic mass is 16.2. The smallest absolute Gasteiger partial charge is 0.251 e. The molecule has 0 bridgehead atoms. The minimum atomic E-state index is -0.282. The van der Waals surface area contributed by atoms with Crippen molar-refractivity contribution >= 4 is 17.5 Å². The number of benzene rings is 2. The largest absolute Gasteiger partial charge is 0.343 e. The first kappa shape index (κ1) is 19.4. The molecule has 1 heterocycles. The lowest BCUT2D eigenvalue weighted by atomic mass is 9.87. The van der Waals surface area contributed by atoms with Crippen LogP contribution in [0.3, 0.4) is 0 Å². The standard InChI is InChI=1S/C22H24N4O2/c1-22(2,3)17-6-4-16(5-7-17)21(28)24-14-20(27)25-18-8-10-19(11-9-18)26-13-12-23-15-26/h4-13,15H,14H2,1-3H3,(H,24,28)(H,25,27). The monoisotopic (exact) mass is 376 g/mol. The molecule has 2 aromatic carbocycles. The van der Waals surface area contributed by atoms with E-state index in [2.05, 4.69) is 36.4 Å². The molecule has 0 spiro atoms. The van der Waals surface area contributed by atoms with Gasteiger partial charge in [-0.05, 0) is 47.4 Å². The minimum Gasteiger partial charge on any atom is -0.343 e. The molecule has 0 saturated carbocycles. The summed E-state index contributed by atoms with van der Waals surface area (Å²) >= 11 is 0. The lowest BCUT2D eigenvalue weighted by Gasteiger charge is -2.19. The van der Waals surface area contributed by atoms with Crippen LogP contribution >= 0.6 is 0 Å². The van der Waals surface area contributed by atoms with Gasteiger partial charge < -0.3 is 15.2 Å². The molecule has 0 unspecified atom stereocenters. The second-order valence-electron chi connectivity index (χ2n) is 7.58. The third-order valence-corrected chi connectivity index (χ3v) is 4.38. The maximum atomic E-state index is 12.2. The fourth-order valence-corrected chi connectivity index (χ4v) is 2.72. The summed E-state index contributed by atoms with van der Waals surface area (Å²) in [6.45, 7) is 6.26. The number of anilines is 1. The number of aromatic nitrogens is 2. The van der Waals surface area contributed by atoms with Gasteiger partial charge in [0.15, 0.2) is 0 Å². The first-order chi connectivity index (χ1) is 13.3. The van der Waals surface area contributed by atoms with Crippen LogP contribution in [0.2, 0.25) is 0 Å². The molecule has 0 aliphatic heterocycles. The SMILES string of the molecule is CC(C)(C)c1ccc(C(=O)NCC(=O)Nc2ccc(-n3ccnc3)cc2)cc1. The highest BCUT2D eigenvalue weighted by Gasteiger charge is 2.14. The van der Waals surface area contributed by atoms with E-state index >= 15 is 0 Å². The van der Waals surface area contributed by atoms with Crippen LogP contribution in [-0.4, -0.2) is 27.9 Å². The van der Waals surface area contributed by atoms with E-state index in [0.717, 1.165) is 11.3 Å². The zero-order valence-corrected chi connectivity index (χ0v) is 16.3. The number of rotatable bonds is 5. The van der Waals surface area contributed by atoms with Crippen LogP contribution in [0, 0.1) is 0 Å². The third-order valence-electron chi connectivity index (χ3n) is 4.38. The molecule has 0 atom stereocenters. The molecule has 1 aromatic heterocycles. The van der Waals surface area contributed by atoms with Gasteiger partial charge >= 0.3 is 0 Å². The van der Waals surface area contributed by atoms with Gasteiger partial charge in [0, 0.05) is 29.3 Å². The van der Waals surface area contributed by atoms with Gasteiger partial charge in [-0.25, -0.2) is 4.98 Å². The molecule has 3 aromatic rings. The molecular formula is C22H24N4O2.